The molecule has 1 aromatic carbocycles. The fourth-order valence-electron chi connectivity index (χ4n) is 2.79. The predicted molar refractivity (Wildman–Crippen MR) is 88.7 cm³/mol. The van der Waals surface area contributed by atoms with Gasteiger partial charge in [0.1, 0.15) is 5.69 Å². The second kappa shape index (κ2) is 6.79. The largest absolute Gasteiger partial charge is 0.323 e. The molecule has 2 amide bonds. The number of carbonyl (C=O) groups excluding carboxylic acids is 2. The van der Waals surface area contributed by atoms with Crippen LogP contribution in [0.25, 0.3) is 0 Å². The summed E-state index contributed by atoms with van der Waals surface area (Å²) in [6.07, 6.45) is -1.58. The van der Waals surface area contributed by atoms with Gasteiger partial charge in [0.25, 0.3) is 6.43 Å². The molecule has 2 heterocycles. The van der Waals surface area contributed by atoms with Gasteiger partial charge >= 0.3 is 0 Å². The lowest BCUT2D eigenvalue weighted by Crippen LogP contribution is -2.28. The van der Waals surface area contributed by atoms with Crippen molar-refractivity contribution in [2.75, 3.05) is 16.8 Å². The summed E-state index contributed by atoms with van der Waals surface area (Å²) in [6.45, 7) is 0.177. The summed E-state index contributed by atoms with van der Waals surface area (Å²) in [4.78, 5) is 26.0. The first-order chi connectivity index (χ1) is 11.9. The van der Waals surface area contributed by atoms with Crippen LogP contribution >= 0.6 is 11.6 Å². The molecular formula is C16H15ClF2N4O2. The molecule has 9 heteroatoms. The highest BCUT2D eigenvalue weighted by molar-refractivity contribution is 6.30. The van der Waals surface area contributed by atoms with E-state index in [1.54, 1.807) is 24.3 Å². The van der Waals surface area contributed by atoms with Crippen molar-refractivity contribution < 1.29 is 18.4 Å². The third-order valence-electron chi connectivity index (χ3n) is 4.08. The highest BCUT2D eigenvalue weighted by Gasteiger charge is 2.35. The zero-order valence-electron chi connectivity index (χ0n) is 13.2. The van der Waals surface area contributed by atoms with E-state index in [-0.39, 0.29) is 30.3 Å². The molecule has 1 fully saturated rings. The fraction of sp³-hybridized carbons (Fsp3) is 0.312. The van der Waals surface area contributed by atoms with Crippen LogP contribution in [0.3, 0.4) is 0 Å². The van der Waals surface area contributed by atoms with Gasteiger partial charge in [0, 0.05) is 30.7 Å². The maximum Gasteiger partial charge on any atom is 0.282 e. The molecule has 0 radical (unpaired) electrons. The van der Waals surface area contributed by atoms with Crippen LogP contribution in [0.15, 0.2) is 30.5 Å². The van der Waals surface area contributed by atoms with Crippen molar-refractivity contribution in [1.82, 2.24) is 9.78 Å². The third-order valence-corrected chi connectivity index (χ3v) is 4.34. The van der Waals surface area contributed by atoms with Gasteiger partial charge in [-0.2, -0.15) is 5.10 Å². The van der Waals surface area contributed by atoms with Gasteiger partial charge < -0.3 is 10.2 Å². The van der Waals surface area contributed by atoms with Crippen molar-refractivity contribution in [3.8, 4) is 0 Å². The number of hydrogen-bond donors (Lipinski definition) is 1. The minimum Gasteiger partial charge on any atom is -0.323 e. The van der Waals surface area contributed by atoms with Crippen LogP contribution in [0.2, 0.25) is 5.02 Å². The molecule has 3 rings (SSSR count). The zero-order valence-corrected chi connectivity index (χ0v) is 14.0. The van der Waals surface area contributed by atoms with Gasteiger partial charge in [-0.25, -0.2) is 8.78 Å². The second-order valence-electron chi connectivity index (χ2n) is 5.74. The third kappa shape index (κ3) is 3.48. The van der Waals surface area contributed by atoms with Crippen molar-refractivity contribution in [3.63, 3.8) is 0 Å². The molecule has 6 nitrogen and oxygen atoms in total. The number of anilines is 2. The van der Waals surface area contributed by atoms with E-state index in [2.05, 4.69) is 10.4 Å². The Hall–Kier alpha value is -2.48. The number of hydrogen-bond acceptors (Lipinski definition) is 3. The summed E-state index contributed by atoms with van der Waals surface area (Å²) in [5, 5.41) is 6.73. The number of benzene rings is 1. The highest BCUT2D eigenvalue weighted by Crippen LogP contribution is 2.29. The number of aryl methyl sites for hydroxylation is 1. The molecule has 1 aliphatic heterocycles. The van der Waals surface area contributed by atoms with E-state index in [0.29, 0.717) is 10.7 Å². The minimum absolute atomic E-state index is 0.0126. The van der Waals surface area contributed by atoms with Crippen LogP contribution in [0.1, 0.15) is 18.5 Å². The van der Waals surface area contributed by atoms with E-state index in [1.165, 1.54) is 18.1 Å². The molecule has 132 valence electrons. The van der Waals surface area contributed by atoms with Crippen molar-refractivity contribution >= 4 is 34.8 Å². The van der Waals surface area contributed by atoms with Crippen molar-refractivity contribution in [2.45, 2.75) is 12.8 Å². The van der Waals surface area contributed by atoms with Crippen LogP contribution in [0.5, 0.6) is 0 Å². The Bertz CT molecular complexity index is 807. The SMILES string of the molecule is Cn1ncc(NC(=O)[C@H]2CC(=O)N(c3ccc(Cl)cc3)C2)c1C(F)F. The topological polar surface area (TPSA) is 67.2 Å². The molecule has 0 aliphatic carbocycles. The predicted octanol–water partition coefficient (Wildman–Crippen LogP) is 3.00. The molecule has 1 aromatic heterocycles. The number of carbonyl (C=O) groups is 2. The maximum atomic E-state index is 13.0. The van der Waals surface area contributed by atoms with Crippen LogP contribution in [-0.4, -0.2) is 28.1 Å². The number of alkyl halides is 2. The van der Waals surface area contributed by atoms with Gasteiger partial charge in [0.05, 0.1) is 17.8 Å². The molecule has 1 aliphatic rings. The Morgan fingerprint density at radius 3 is 2.68 bits per heavy atom. The summed E-state index contributed by atoms with van der Waals surface area (Å²) in [7, 11) is 1.37. The van der Waals surface area contributed by atoms with Crippen molar-refractivity contribution in [1.29, 1.82) is 0 Å². The zero-order chi connectivity index (χ0) is 18.1. The van der Waals surface area contributed by atoms with E-state index >= 15 is 0 Å². The Morgan fingerprint density at radius 2 is 2.04 bits per heavy atom. The van der Waals surface area contributed by atoms with Gasteiger partial charge in [-0.05, 0) is 24.3 Å². The summed E-state index contributed by atoms with van der Waals surface area (Å²) in [6, 6.07) is 6.69. The van der Waals surface area contributed by atoms with Crippen LogP contribution < -0.4 is 10.2 Å². The minimum atomic E-state index is -2.77. The molecule has 25 heavy (non-hydrogen) atoms. The molecule has 2 aromatic rings. The Morgan fingerprint density at radius 1 is 1.36 bits per heavy atom. The molecule has 1 atom stereocenters. The van der Waals surface area contributed by atoms with Crippen LogP contribution in [0.4, 0.5) is 20.2 Å². The number of halogens is 3. The number of nitrogens with zero attached hydrogens (tertiary/aromatic N) is 3. The quantitative estimate of drug-likeness (QED) is 0.902. The molecule has 1 N–H and O–H groups in total. The molecular weight excluding hydrogens is 354 g/mol. The van der Waals surface area contributed by atoms with E-state index in [0.717, 1.165) is 4.68 Å². The molecule has 0 bridgehead atoms. The van der Waals surface area contributed by atoms with Gasteiger partial charge in [0.2, 0.25) is 11.8 Å². The molecule has 0 saturated carbocycles. The number of rotatable bonds is 4. The Balaban J connectivity index is 1.72. The Labute approximate surface area is 147 Å². The molecule has 0 unspecified atom stereocenters. The smallest absolute Gasteiger partial charge is 0.282 e. The lowest BCUT2D eigenvalue weighted by molar-refractivity contribution is -0.122. The lowest BCUT2D eigenvalue weighted by atomic mass is 10.1. The standard InChI is InChI=1S/C16H15ClF2N4O2/c1-22-14(15(18)19)12(7-20-22)21-16(25)9-6-13(24)23(8-9)11-4-2-10(17)3-5-11/h2-5,7,9,15H,6,8H2,1H3,(H,21,25)/t9-/m0/s1. The first kappa shape index (κ1) is 17.3. The van der Waals surface area contributed by atoms with E-state index in [4.69, 9.17) is 11.6 Å². The highest BCUT2D eigenvalue weighted by atomic mass is 35.5. The van der Waals surface area contributed by atoms with E-state index < -0.39 is 18.3 Å². The number of nitrogens with one attached hydrogen (secondary N) is 1. The first-order valence-electron chi connectivity index (χ1n) is 7.53. The van der Waals surface area contributed by atoms with Crippen molar-refractivity contribution in [3.05, 3.63) is 41.2 Å². The first-order valence-corrected chi connectivity index (χ1v) is 7.91. The van der Waals surface area contributed by atoms with Gasteiger partial charge in [-0.15, -0.1) is 0 Å². The molecule has 0 spiro atoms. The van der Waals surface area contributed by atoms with Gasteiger partial charge in [0.15, 0.2) is 0 Å². The summed E-state index contributed by atoms with van der Waals surface area (Å²) < 4.78 is 27.1. The summed E-state index contributed by atoms with van der Waals surface area (Å²) >= 11 is 5.83. The normalized spacial score (nSPS) is 17.4. The summed E-state index contributed by atoms with van der Waals surface area (Å²) in [5.41, 5.74) is 0.228. The van der Waals surface area contributed by atoms with Gasteiger partial charge in [-0.3, -0.25) is 14.3 Å². The maximum absolute atomic E-state index is 13.0. The van der Waals surface area contributed by atoms with Gasteiger partial charge in [-0.1, -0.05) is 11.6 Å². The van der Waals surface area contributed by atoms with E-state index in [1.807, 2.05) is 0 Å². The van der Waals surface area contributed by atoms with Crippen molar-refractivity contribution in [2.24, 2.45) is 13.0 Å². The summed E-state index contributed by atoms with van der Waals surface area (Å²) in [5.74, 6) is -1.32. The van der Waals surface area contributed by atoms with Crippen LogP contribution in [-0.2, 0) is 16.6 Å². The second-order valence-corrected chi connectivity index (χ2v) is 6.18. The Kier molecular flexibility index (Phi) is 4.71. The average Bonchev–Trinajstić information content (AvgIpc) is 3.11. The monoisotopic (exact) mass is 368 g/mol. The van der Waals surface area contributed by atoms with Crippen LogP contribution in [0, 0.1) is 5.92 Å². The molecule has 1 saturated heterocycles. The van der Waals surface area contributed by atoms with E-state index in [9.17, 15) is 18.4 Å². The lowest BCUT2D eigenvalue weighted by Gasteiger charge is -2.16. The number of aromatic nitrogens is 2. The number of amides is 2. The fourth-order valence-corrected chi connectivity index (χ4v) is 2.92. The average molecular weight is 369 g/mol.